The monoisotopic (exact) mass is 342 g/mol. The van der Waals surface area contributed by atoms with Crippen LogP contribution in [0.25, 0.3) is 0 Å². The van der Waals surface area contributed by atoms with Crippen molar-refractivity contribution in [3.05, 3.63) is 62.6 Å². The second-order valence-corrected chi connectivity index (χ2v) is 5.29. The Morgan fingerprint density at radius 2 is 1.86 bits per heavy atom. The Bertz CT molecular complexity index is 717. The van der Waals surface area contributed by atoms with Crippen molar-refractivity contribution >= 4 is 52.7 Å². The molecule has 0 radical (unpaired) electrons. The molecule has 0 aliphatic heterocycles. The van der Waals surface area contributed by atoms with E-state index in [1.54, 1.807) is 24.3 Å². The molecule has 0 heterocycles. The van der Waals surface area contributed by atoms with Crippen LogP contribution in [-0.2, 0) is 0 Å². The first-order chi connectivity index (χ1) is 9.97. The van der Waals surface area contributed by atoms with E-state index in [1.165, 1.54) is 18.3 Å². The van der Waals surface area contributed by atoms with E-state index in [9.17, 15) is 4.79 Å². The maximum Gasteiger partial charge on any atom is 0.337 e. The van der Waals surface area contributed by atoms with Crippen LogP contribution in [0, 0.1) is 0 Å². The standard InChI is InChI=1S/C14H9Cl3N2O2/c15-9-2-1-8(13(17)5-9)7-18-19-10-3-4-12(16)11(6-10)14(20)21/h1-7,19H,(H,20,21). The lowest BCUT2D eigenvalue weighted by molar-refractivity contribution is 0.0697. The number of hydrogen-bond donors (Lipinski definition) is 2. The molecule has 108 valence electrons. The average Bonchev–Trinajstić information content (AvgIpc) is 2.42. The Labute approximate surface area is 135 Å². The fraction of sp³-hybridized carbons (Fsp3) is 0. The summed E-state index contributed by atoms with van der Waals surface area (Å²) in [6, 6.07) is 9.52. The summed E-state index contributed by atoms with van der Waals surface area (Å²) in [6.45, 7) is 0. The lowest BCUT2D eigenvalue weighted by Crippen LogP contribution is -1.99. The summed E-state index contributed by atoms with van der Waals surface area (Å²) in [5, 5.41) is 14.1. The van der Waals surface area contributed by atoms with Crippen LogP contribution in [0.3, 0.4) is 0 Å². The van der Waals surface area contributed by atoms with E-state index in [2.05, 4.69) is 10.5 Å². The highest BCUT2D eigenvalue weighted by Gasteiger charge is 2.08. The number of carboxylic acid groups (broad SMARTS) is 1. The first-order valence-electron chi connectivity index (χ1n) is 5.74. The predicted molar refractivity (Wildman–Crippen MR) is 86.1 cm³/mol. The molecule has 0 unspecified atom stereocenters. The third-order valence-corrected chi connectivity index (χ3v) is 3.45. The molecule has 0 saturated heterocycles. The number of benzene rings is 2. The van der Waals surface area contributed by atoms with Gasteiger partial charge in [0.2, 0.25) is 0 Å². The van der Waals surface area contributed by atoms with Crippen molar-refractivity contribution in [3.8, 4) is 0 Å². The van der Waals surface area contributed by atoms with Gasteiger partial charge in [-0.15, -0.1) is 0 Å². The minimum absolute atomic E-state index is 0.00129. The third-order valence-electron chi connectivity index (χ3n) is 2.56. The number of anilines is 1. The number of rotatable bonds is 4. The van der Waals surface area contributed by atoms with E-state index in [-0.39, 0.29) is 10.6 Å². The van der Waals surface area contributed by atoms with Gasteiger partial charge in [0, 0.05) is 10.6 Å². The van der Waals surface area contributed by atoms with Crippen molar-refractivity contribution in [3.63, 3.8) is 0 Å². The summed E-state index contributed by atoms with van der Waals surface area (Å²) in [5.41, 5.74) is 3.89. The largest absolute Gasteiger partial charge is 0.478 e. The number of nitrogens with one attached hydrogen (secondary N) is 1. The van der Waals surface area contributed by atoms with Gasteiger partial charge in [0.15, 0.2) is 0 Å². The second kappa shape index (κ2) is 6.80. The van der Waals surface area contributed by atoms with Crippen molar-refractivity contribution in [2.45, 2.75) is 0 Å². The van der Waals surface area contributed by atoms with Crippen LogP contribution >= 0.6 is 34.8 Å². The molecule has 7 heteroatoms. The summed E-state index contributed by atoms with van der Waals surface area (Å²) in [4.78, 5) is 11.0. The predicted octanol–water partition coefficient (Wildman–Crippen LogP) is 4.79. The van der Waals surface area contributed by atoms with E-state index in [1.807, 2.05) is 0 Å². The molecule has 0 atom stereocenters. The van der Waals surface area contributed by atoms with Crippen LogP contribution in [0.1, 0.15) is 15.9 Å². The summed E-state index contributed by atoms with van der Waals surface area (Å²) >= 11 is 17.6. The maximum atomic E-state index is 11.0. The summed E-state index contributed by atoms with van der Waals surface area (Å²) < 4.78 is 0. The van der Waals surface area contributed by atoms with Gasteiger partial charge in [-0.2, -0.15) is 5.10 Å². The zero-order valence-corrected chi connectivity index (χ0v) is 12.7. The van der Waals surface area contributed by atoms with E-state index in [4.69, 9.17) is 39.9 Å². The van der Waals surface area contributed by atoms with Gasteiger partial charge in [-0.1, -0.05) is 40.9 Å². The highest BCUT2D eigenvalue weighted by molar-refractivity contribution is 6.36. The van der Waals surface area contributed by atoms with Gasteiger partial charge in [0.05, 0.1) is 27.5 Å². The fourth-order valence-electron chi connectivity index (χ4n) is 1.54. The lowest BCUT2D eigenvalue weighted by Gasteiger charge is -2.04. The minimum atomic E-state index is -1.10. The van der Waals surface area contributed by atoms with E-state index >= 15 is 0 Å². The molecule has 0 aliphatic rings. The highest BCUT2D eigenvalue weighted by Crippen LogP contribution is 2.21. The van der Waals surface area contributed by atoms with Crippen molar-refractivity contribution in [1.82, 2.24) is 0 Å². The smallest absolute Gasteiger partial charge is 0.337 e. The molecule has 2 rings (SSSR count). The zero-order chi connectivity index (χ0) is 15.4. The van der Waals surface area contributed by atoms with Gasteiger partial charge in [-0.25, -0.2) is 4.79 Å². The van der Waals surface area contributed by atoms with Crippen molar-refractivity contribution in [1.29, 1.82) is 0 Å². The van der Waals surface area contributed by atoms with Crippen LogP contribution in [0.5, 0.6) is 0 Å². The van der Waals surface area contributed by atoms with Crippen LogP contribution in [0.4, 0.5) is 5.69 Å². The fourth-order valence-corrected chi connectivity index (χ4v) is 2.20. The van der Waals surface area contributed by atoms with Crippen molar-refractivity contribution in [2.24, 2.45) is 5.10 Å². The first-order valence-corrected chi connectivity index (χ1v) is 6.88. The average molecular weight is 344 g/mol. The Morgan fingerprint density at radius 3 is 2.52 bits per heavy atom. The molecular formula is C14H9Cl3N2O2. The first kappa shape index (κ1) is 15.6. The third kappa shape index (κ3) is 4.11. The Hall–Kier alpha value is -1.75. The molecule has 0 spiro atoms. The van der Waals surface area contributed by atoms with Crippen molar-refractivity contribution < 1.29 is 9.90 Å². The van der Waals surface area contributed by atoms with Crippen LogP contribution in [0.2, 0.25) is 15.1 Å². The van der Waals surface area contributed by atoms with Crippen LogP contribution < -0.4 is 5.43 Å². The van der Waals surface area contributed by atoms with Gasteiger partial charge >= 0.3 is 5.97 Å². The van der Waals surface area contributed by atoms with Crippen LogP contribution in [-0.4, -0.2) is 17.3 Å². The minimum Gasteiger partial charge on any atom is -0.478 e. The Morgan fingerprint density at radius 1 is 1.10 bits per heavy atom. The molecule has 0 amide bonds. The molecule has 0 saturated carbocycles. The van der Waals surface area contributed by atoms with Gasteiger partial charge in [-0.3, -0.25) is 5.43 Å². The van der Waals surface area contributed by atoms with E-state index in [0.29, 0.717) is 21.3 Å². The molecular weight excluding hydrogens is 335 g/mol. The number of carbonyl (C=O) groups is 1. The Kier molecular flexibility index (Phi) is 5.07. The van der Waals surface area contributed by atoms with Gasteiger partial charge in [-0.05, 0) is 30.3 Å². The molecule has 0 fully saturated rings. The topological polar surface area (TPSA) is 61.7 Å². The molecule has 2 N–H and O–H groups in total. The number of hydrogen-bond acceptors (Lipinski definition) is 3. The summed E-state index contributed by atoms with van der Waals surface area (Å²) in [6.07, 6.45) is 1.51. The molecule has 4 nitrogen and oxygen atoms in total. The highest BCUT2D eigenvalue weighted by atomic mass is 35.5. The number of aromatic carboxylic acids is 1. The molecule has 2 aromatic rings. The second-order valence-electron chi connectivity index (χ2n) is 4.04. The SMILES string of the molecule is O=C(O)c1cc(NN=Cc2ccc(Cl)cc2Cl)ccc1Cl. The van der Waals surface area contributed by atoms with Gasteiger partial charge < -0.3 is 5.11 Å². The van der Waals surface area contributed by atoms with Gasteiger partial charge in [0.1, 0.15) is 0 Å². The molecule has 2 aromatic carbocycles. The molecule has 0 aromatic heterocycles. The number of hydrazone groups is 1. The maximum absolute atomic E-state index is 11.0. The molecule has 0 aliphatic carbocycles. The number of nitrogens with zero attached hydrogens (tertiary/aromatic N) is 1. The number of carboxylic acids is 1. The molecule has 21 heavy (non-hydrogen) atoms. The van der Waals surface area contributed by atoms with E-state index in [0.717, 1.165) is 0 Å². The van der Waals surface area contributed by atoms with Gasteiger partial charge in [0.25, 0.3) is 0 Å². The Balaban J connectivity index is 2.14. The normalized spacial score (nSPS) is 10.8. The summed E-state index contributed by atoms with van der Waals surface area (Å²) in [5.74, 6) is -1.10. The van der Waals surface area contributed by atoms with Crippen LogP contribution in [0.15, 0.2) is 41.5 Å². The number of halogens is 3. The molecule has 0 bridgehead atoms. The van der Waals surface area contributed by atoms with E-state index < -0.39 is 5.97 Å². The zero-order valence-electron chi connectivity index (χ0n) is 10.5. The lowest BCUT2D eigenvalue weighted by atomic mass is 10.2. The summed E-state index contributed by atoms with van der Waals surface area (Å²) in [7, 11) is 0. The van der Waals surface area contributed by atoms with Crippen molar-refractivity contribution in [2.75, 3.05) is 5.43 Å². The quantitative estimate of drug-likeness (QED) is 0.619.